The summed E-state index contributed by atoms with van der Waals surface area (Å²) in [6.07, 6.45) is 3.89. The molecule has 0 saturated carbocycles. The molecular weight excluding hydrogens is 304 g/mol. The number of amides is 1. The lowest BCUT2D eigenvalue weighted by molar-refractivity contribution is 0.0938. The SMILES string of the molecule is CC1CCCCN1CCNC(=O)c1cccc(Br)c1. The standard InChI is InChI=1S/C15H21BrN2O/c1-12-5-2-3-9-18(12)10-8-17-15(19)13-6-4-7-14(16)11-13/h4,6-7,11-12H,2-3,5,8-10H2,1H3,(H,17,19). The number of hydrogen-bond acceptors (Lipinski definition) is 2. The van der Waals surface area contributed by atoms with Crippen LogP contribution in [0.25, 0.3) is 0 Å². The number of carbonyl (C=O) groups is 1. The van der Waals surface area contributed by atoms with E-state index in [0.717, 1.165) is 24.1 Å². The first-order valence-corrected chi connectivity index (χ1v) is 7.74. The number of benzene rings is 1. The van der Waals surface area contributed by atoms with Gasteiger partial charge < -0.3 is 5.32 Å². The molecule has 1 N–H and O–H groups in total. The molecule has 104 valence electrons. The molecule has 1 unspecified atom stereocenters. The molecule has 3 nitrogen and oxygen atoms in total. The Hall–Kier alpha value is -0.870. The molecule has 1 amide bonds. The Balaban J connectivity index is 1.77. The summed E-state index contributed by atoms with van der Waals surface area (Å²) in [5.74, 6) is 0.00552. The van der Waals surface area contributed by atoms with Gasteiger partial charge in [-0.25, -0.2) is 0 Å². The third-order valence-corrected chi connectivity index (χ3v) is 4.21. The highest BCUT2D eigenvalue weighted by Crippen LogP contribution is 2.15. The summed E-state index contributed by atoms with van der Waals surface area (Å²) in [6.45, 7) is 5.10. The molecule has 1 fully saturated rings. The third kappa shape index (κ3) is 4.32. The van der Waals surface area contributed by atoms with Gasteiger partial charge in [-0.3, -0.25) is 9.69 Å². The molecule has 1 saturated heterocycles. The first-order chi connectivity index (χ1) is 9.16. The van der Waals surface area contributed by atoms with Gasteiger partial charge in [0.1, 0.15) is 0 Å². The van der Waals surface area contributed by atoms with Crippen molar-refractivity contribution >= 4 is 21.8 Å². The highest BCUT2D eigenvalue weighted by molar-refractivity contribution is 9.10. The van der Waals surface area contributed by atoms with E-state index in [1.54, 1.807) is 0 Å². The highest BCUT2D eigenvalue weighted by Gasteiger charge is 2.17. The largest absolute Gasteiger partial charge is 0.351 e. The minimum absolute atomic E-state index is 0.00552. The van der Waals surface area contributed by atoms with Crippen LogP contribution in [-0.2, 0) is 0 Å². The maximum Gasteiger partial charge on any atom is 0.251 e. The molecule has 0 bridgehead atoms. The van der Waals surface area contributed by atoms with E-state index in [4.69, 9.17) is 0 Å². The zero-order chi connectivity index (χ0) is 13.7. The van der Waals surface area contributed by atoms with Gasteiger partial charge in [-0.2, -0.15) is 0 Å². The summed E-state index contributed by atoms with van der Waals surface area (Å²) in [7, 11) is 0. The first kappa shape index (κ1) is 14.5. The summed E-state index contributed by atoms with van der Waals surface area (Å²) in [6, 6.07) is 8.14. The van der Waals surface area contributed by atoms with E-state index in [9.17, 15) is 4.79 Å². The Morgan fingerprint density at radius 1 is 1.47 bits per heavy atom. The van der Waals surface area contributed by atoms with Crippen molar-refractivity contribution in [1.82, 2.24) is 10.2 Å². The van der Waals surface area contributed by atoms with Gasteiger partial charge in [0.25, 0.3) is 5.91 Å². The van der Waals surface area contributed by atoms with E-state index in [1.807, 2.05) is 24.3 Å². The summed E-state index contributed by atoms with van der Waals surface area (Å²) >= 11 is 3.38. The number of likely N-dealkylation sites (tertiary alicyclic amines) is 1. The maximum absolute atomic E-state index is 12.0. The van der Waals surface area contributed by atoms with Crippen LogP contribution in [0.1, 0.15) is 36.5 Å². The summed E-state index contributed by atoms with van der Waals surface area (Å²) in [5.41, 5.74) is 0.709. The number of hydrogen-bond donors (Lipinski definition) is 1. The third-order valence-electron chi connectivity index (χ3n) is 3.71. The van der Waals surface area contributed by atoms with Crippen LogP contribution in [0.15, 0.2) is 28.7 Å². The lowest BCUT2D eigenvalue weighted by Crippen LogP contribution is -2.42. The van der Waals surface area contributed by atoms with Gasteiger partial charge in [0.05, 0.1) is 0 Å². The Bertz CT molecular complexity index is 436. The van der Waals surface area contributed by atoms with Crippen molar-refractivity contribution in [3.8, 4) is 0 Å². The monoisotopic (exact) mass is 324 g/mol. The molecule has 0 aromatic heterocycles. The van der Waals surface area contributed by atoms with Gasteiger partial charge in [0.2, 0.25) is 0 Å². The minimum atomic E-state index is 0.00552. The highest BCUT2D eigenvalue weighted by atomic mass is 79.9. The van der Waals surface area contributed by atoms with Crippen molar-refractivity contribution in [2.75, 3.05) is 19.6 Å². The van der Waals surface area contributed by atoms with Crippen molar-refractivity contribution in [3.63, 3.8) is 0 Å². The molecular formula is C15H21BrN2O. The molecule has 0 spiro atoms. The molecule has 1 aliphatic rings. The molecule has 1 aromatic carbocycles. The molecule has 19 heavy (non-hydrogen) atoms. The van der Waals surface area contributed by atoms with Crippen LogP contribution < -0.4 is 5.32 Å². The van der Waals surface area contributed by atoms with Crippen molar-refractivity contribution in [1.29, 1.82) is 0 Å². The predicted molar refractivity (Wildman–Crippen MR) is 81.4 cm³/mol. The van der Waals surface area contributed by atoms with Gasteiger partial charge in [-0.05, 0) is 44.5 Å². The van der Waals surface area contributed by atoms with Crippen LogP contribution in [0.3, 0.4) is 0 Å². The topological polar surface area (TPSA) is 32.3 Å². The second-order valence-corrected chi connectivity index (χ2v) is 6.06. The smallest absolute Gasteiger partial charge is 0.251 e. The minimum Gasteiger partial charge on any atom is -0.351 e. The number of carbonyl (C=O) groups excluding carboxylic acids is 1. The predicted octanol–water partition coefficient (Wildman–Crippen LogP) is 3.05. The van der Waals surface area contributed by atoms with Crippen LogP contribution in [0.5, 0.6) is 0 Å². The van der Waals surface area contributed by atoms with Gasteiger partial charge in [0, 0.05) is 29.2 Å². The Kier molecular flexibility index (Phi) is 5.40. The fraction of sp³-hybridized carbons (Fsp3) is 0.533. The van der Waals surface area contributed by atoms with Crippen molar-refractivity contribution < 1.29 is 4.79 Å². The summed E-state index contributed by atoms with van der Waals surface area (Å²) < 4.78 is 0.935. The number of piperidine rings is 1. The van der Waals surface area contributed by atoms with E-state index in [2.05, 4.69) is 33.1 Å². The average molecular weight is 325 g/mol. The van der Waals surface area contributed by atoms with Crippen LogP contribution in [0.4, 0.5) is 0 Å². The normalized spacial score (nSPS) is 20.2. The lowest BCUT2D eigenvalue weighted by Gasteiger charge is -2.33. The summed E-state index contributed by atoms with van der Waals surface area (Å²) in [4.78, 5) is 14.4. The first-order valence-electron chi connectivity index (χ1n) is 6.94. The molecule has 2 rings (SSSR count). The second kappa shape index (κ2) is 7.06. The number of nitrogens with one attached hydrogen (secondary N) is 1. The molecule has 0 radical (unpaired) electrons. The Labute approximate surface area is 123 Å². The molecule has 1 aliphatic heterocycles. The zero-order valence-corrected chi connectivity index (χ0v) is 12.9. The molecule has 1 aromatic rings. The number of nitrogens with zero attached hydrogens (tertiary/aromatic N) is 1. The van der Waals surface area contributed by atoms with Crippen molar-refractivity contribution in [2.45, 2.75) is 32.2 Å². The Morgan fingerprint density at radius 2 is 2.32 bits per heavy atom. The van der Waals surface area contributed by atoms with Gasteiger partial charge in [-0.1, -0.05) is 28.4 Å². The zero-order valence-electron chi connectivity index (χ0n) is 11.4. The molecule has 1 heterocycles. The number of halogens is 1. The van der Waals surface area contributed by atoms with E-state index < -0.39 is 0 Å². The van der Waals surface area contributed by atoms with Crippen LogP contribution in [0, 0.1) is 0 Å². The molecule has 4 heteroatoms. The quantitative estimate of drug-likeness (QED) is 0.923. The van der Waals surface area contributed by atoms with Gasteiger partial charge in [-0.15, -0.1) is 0 Å². The number of rotatable bonds is 4. The van der Waals surface area contributed by atoms with Crippen LogP contribution in [-0.4, -0.2) is 36.5 Å². The van der Waals surface area contributed by atoms with Crippen molar-refractivity contribution in [3.05, 3.63) is 34.3 Å². The van der Waals surface area contributed by atoms with E-state index >= 15 is 0 Å². The Morgan fingerprint density at radius 3 is 3.05 bits per heavy atom. The fourth-order valence-electron chi connectivity index (χ4n) is 2.53. The van der Waals surface area contributed by atoms with Crippen LogP contribution >= 0.6 is 15.9 Å². The summed E-state index contributed by atoms with van der Waals surface area (Å²) in [5, 5.41) is 2.99. The second-order valence-electron chi connectivity index (χ2n) is 5.15. The van der Waals surface area contributed by atoms with E-state index in [1.165, 1.54) is 19.3 Å². The molecule has 1 atom stereocenters. The van der Waals surface area contributed by atoms with E-state index in [0.29, 0.717) is 11.6 Å². The fourth-order valence-corrected chi connectivity index (χ4v) is 2.93. The van der Waals surface area contributed by atoms with Gasteiger partial charge >= 0.3 is 0 Å². The molecule has 0 aliphatic carbocycles. The lowest BCUT2D eigenvalue weighted by atomic mass is 10.0. The van der Waals surface area contributed by atoms with Crippen molar-refractivity contribution in [2.24, 2.45) is 0 Å². The average Bonchev–Trinajstić information content (AvgIpc) is 2.41. The van der Waals surface area contributed by atoms with E-state index in [-0.39, 0.29) is 5.91 Å². The van der Waals surface area contributed by atoms with Gasteiger partial charge in [0.15, 0.2) is 0 Å². The van der Waals surface area contributed by atoms with Crippen LogP contribution in [0.2, 0.25) is 0 Å². The maximum atomic E-state index is 12.0.